The lowest BCUT2D eigenvalue weighted by Gasteiger charge is -2.07. The van der Waals surface area contributed by atoms with Gasteiger partial charge in [0.25, 0.3) is 0 Å². The zero-order valence-corrected chi connectivity index (χ0v) is 14.2. The molecule has 118 valence electrons. The van der Waals surface area contributed by atoms with Gasteiger partial charge in [0.1, 0.15) is 5.76 Å². The monoisotopic (exact) mass is 359 g/mol. The Kier molecular flexibility index (Phi) is 5.80. The van der Waals surface area contributed by atoms with Gasteiger partial charge in [0.15, 0.2) is 14.5 Å². The number of rotatable bonds is 7. The Morgan fingerprint density at radius 1 is 1.45 bits per heavy atom. The average molecular weight is 359 g/mol. The van der Waals surface area contributed by atoms with Crippen molar-refractivity contribution in [1.82, 2.24) is 15.4 Å². The van der Waals surface area contributed by atoms with Crippen LogP contribution in [0.5, 0.6) is 0 Å². The van der Waals surface area contributed by atoms with Crippen molar-refractivity contribution in [2.45, 2.75) is 27.8 Å². The highest BCUT2D eigenvalue weighted by atomic mass is 32.2. The standard InChI is InChI=1S/C11H13N5O3S3/c1-5-3-8(16-19-5)13-9(18)6(2)21-11-15-14-10(22-11)20-4-7(12)17/h3,6H,4H2,1-2H3,(H2,12,17)(H,13,16,18). The van der Waals surface area contributed by atoms with Crippen LogP contribution < -0.4 is 11.1 Å². The van der Waals surface area contributed by atoms with E-state index in [2.05, 4.69) is 20.7 Å². The molecule has 2 aromatic heterocycles. The second kappa shape index (κ2) is 7.61. The van der Waals surface area contributed by atoms with Crippen LogP contribution in [0.4, 0.5) is 5.82 Å². The lowest BCUT2D eigenvalue weighted by atomic mass is 10.4. The molecule has 3 N–H and O–H groups in total. The molecule has 22 heavy (non-hydrogen) atoms. The Balaban J connectivity index is 1.86. The maximum absolute atomic E-state index is 12.0. The molecule has 1 unspecified atom stereocenters. The van der Waals surface area contributed by atoms with Gasteiger partial charge >= 0.3 is 0 Å². The summed E-state index contributed by atoms with van der Waals surface area (Å²) < 4.78 is 6.16. The third kappa shape index (κ3) is 5.00. The third-order valence-corrected chi connectivity index (χ3v) is 5.52. The fourth-order valence-corrected chi connectivity index (χ4v) is 4.20. The summed E-state index contributed by atoms with van der Waals surface area (Å²) in [5.74, 6) is 0.534. The van der Waals surface area contributed by atoms with Gasteiger partial charge in [-0.3, -0.25) is 9.59 Å². The summed E-state index contributed by atoms with van der Waals surface area (Å²) in [4.78, 5) is 22.7. The van der Waals surface area contributed by atoms with E-state index in [1.54, 1.807) is 19.9 Å². The number of hydrogen-bond acceptors (Lipinski definition) is 9. The molecule has 0 aliphatic heterocycles. The van der Waals surface area contributed by atoms with E-state index in [9.17, 15) is 9.59 Å². The van der Waals surface area contributed by atoms with Crippen molar-refractivity contribution in [3.05, 3.63) is 11.8 Å². The molecule has 1 atom stereocenters. The molecule has 0 fully saturated rings. The van der Waals surface area contributed by atoms with Crippen molar-refractivity contribution in [1.29, 1.82) is 0 Å². The van der Waals surface area contributed by atoms with Gasteiger partial charge in [0.05, 0.1) is 11.0 Å². The van der Waals surface area contributed by atoms with Gasteiger partial charge in [0.2, 0.25) is 11.8 Å². The molecular formula is C11H13N5O3S3. The maximum Gasteiger partial charge on any atom is 0.238 e. The number of anilines is 1. The van der Waals surface area contributed by atoms with E-state index in [1.165, 1.54) is 34.9 Å². The molecule has 2 aromatic rings. The van der Waals surface area contributed by atoms with Gasteiger partial charge in [-0.25, -0.2) is 0 Å². The number of primary amides is 1. The molecule has 0 saturated heterocycles. The summed E-state index contributed by atoms with van der Waals surface area (Å²) >= 11 is 3.81. The second-order valence-electron chi connectivity index (χ2n) is 4.16. The van der Waals surface area contributed by atoms with Crippen molar-refractivity contribution in [2.24, 2.45) is 5.73 Å². The van der Waals surface area contributed by atoms with E-state index in [1.807, 2.05) is 0 Å². The van der Waals surface area contributed by atoms with Crippen LogP contribution in [0, 0.1) is 6.92 Å². The fourth-order valence-electron chi connectivity index (χ4n) is 1.29. The minimum atomic E-state index is -0.412. The van der Waals surface area contributed by atoms with Crippen molar-refractivity contribution in [3.8, 4) is 0 Å². The third-order valence-electron chi connectivity index (χ3n) is 2.25. The van der Waals surface area contributed by atoms with Gasteiger partial charge in [-0.2, -0.15) is 0 Å². The van der Waals surface area contributed by atoms with Crippen LogP contribution in [0.25, 0.3) is 0 Å². The Bertz CT molecular complexity index is 671. The van der Waals surface area contributed by atoms with Crippen LogP contribution in [0.15, 0.2) is 19.3 Å². The predicted molar refractivity (Wildman–Crippen MR) is 85.0 cm³/mol. The Morgan fingerprint density at radius 3 is 2.82 bits per heavy atom. The number of thioether (sulfide) groups is 2. The van der Waals surface area contributed by atoms with Crippen molar-refractivity contribution in [3.63, 3.8) is 0 Å². The number of aromatic nitrogens is 3. The highest BCUT2D eigenvalue weighted by molar-refractivity contribution is 8.04. The van der Waals surface area contributed by atoms with Crippen molar-refractivity contribution in [2.75, 3.05) is 11.1 Å². The van der Waals surface area contributed by atoms with Crippen LogP contribution in [-0.4, -0.2) is 38.2 Å². The highest BCUT2D eigenvalue weighted by Gasteiger charge is 2.18. The van der Waals surface area contributed by atoms with Crippen molar-refractivity contribution >= 4 is 52.5 Å². The number of amides is 2. The molecule has 0 aliphatic carbocycles. The molecule has 0 radical (unpaired) electrons. The van der Waals surface area contributed by atoms with Crippen LogP contribution in [-0.2, 0) is 9.59 Å². The van der Waals surface area contributed by atoms with Gasteiger partial charge in [-0.1, -0.05) is 40.0 Å². The molecule has 2 heterocycles. The summed E-state index contributed by atoms with van der Waals surface area (Å²) in [5, 5.41) is 13.9. The Labute approximate surface area is 138 Å². The average Bonchev–Trinajstić information content (AvgIpc) is 3.05. The minimum Gasteiger partial charge on any atom is -0.369 e. The molecule has 0 bridgehead atoms. The zero-order chi connectivity index (χ0) is 16.1. The first kappa shape index (κ1) is 16.8. The molecule has 0 saturated carbocycles. The van der Waals surface area contributed by atoms with Crippen molar-refractivity contribution < 1.29 is 14.1 Å². The number of nitrogens with zero attached hydrogens (tertiary/aromatic N) is 3. The number of carbonyl (C=O) groups excluding carboxylic acids is 2. The molecule has 0 spiro atoms. The summed E-state index contributed by atoms with van der Waals surface area (Å²) in [6.07, 6.45) is 0. The Hall–Kier alpha value is -1.59. The van der Waals surface area contributed by atoms with Crippen LogP contribution >= 0.6 is 34.9 Å². The van der Waals surface area contributed by atoms with E-state index in [0.717, 1.165) is 0 Å². The smallest absolute Gasteiger partial charge is 0.238 e. The highest BCUT2D eigenvalue weighted by Crippen LogP contribution is 2.31. The largest absolute Gasteiger partial charge is 0.369 e. The van der Waals surface area contributed by atoms with Gasteiger partial charge in [0, 0.05) is 6.07 Å². The SMILES string of the molecule is Cc1cc(NC(=O)C(C)Sc2nnc(SCC(N)=O)s2)no1. The number of hydrogen-bond donors (Lipinski definition) is 2. The van der Waals surface area contributed by atoms with E-state index >= 15 is 0 Å². The predicted octanol–water partition coefficient (Wildman–Crippen LogP) is 1.53. The lowest BCUT2D eigenvalue weighted by Crippen LogP contribution is -2.22. The van der Waals surface area contributed by atoms with E-state index in [-0.39, 0.29) is 16.9 Å². The quantitative estimate of drug-likeness (QED) is 0.713. The summed E-state index contributed by atoms with van der Waals surface area (Å²) in [7, 11) is 0. The molecule has 2 rings (SSSR count). The molecule has 11 heteroatoms. The number of carbonyl (C=O) groups is 2. The topological polar surface area (TPSA) is 124 Å². The van der Waals surface area contributed by atoms with Gasteiger partial charge in [-0.05, 0) is 13.8 Å². The lowest BCUT2D eigenvalue weighted by molar-refractivity contribution is -0.116. The summed E-state index contributed by atoms with van der Waals surface area (Å²) in [5.41, 5.74) is 5.07. The first-order valence-electron chi connectivity index (χ1n) is 6.09. The molecule has 0 aliphatic rings. The number of nitrogens with two attached hydrogens (primary N) is 1. The molecule has 0 aromatic carbocycles. The summed E-state index contributed by atoms with van der Waals surface area (Å²) in [6, 6.07) is 1.64. The van der Waals surface area contributed by atoms with Crippen LogP contribution in [0.1, 0.15) is 12.7 Å². The van der Waals surface area contributed by atoms with E-state index in [4.69, 9.17) is 10.3 Å². The fraction of sp³-hybridized carbons (Fsp3) is 0.364. The maximum atomic E-state index is 12.0. The molecular weight excluding hydrogens is 346 g/mol. The van der Waals surface area contributed by atoms with E-state index in [0.29, 0.717) is 20.3 Å². The number of aryl methyl sites for hydroxylation is 1. The minimum absolute atomic E-state index is 0.154. The van der Waals surface area contributed by atoms with E-state index < -0.39 is 5.91 Å². The zero-order valence-electron chi connectivity index (χ0n) is 11.7. The first-order chi connectivity index (χ1) is 10.4. The first-order valence-corrected chi connectivity index (χ1v) is 8.77. The summed E-state index contributed by atoms with van der Waals surface area (Å²) in [6.45, 7) is 3.50. The number of nitrogens with one attached hydrogen (secondary N) is 1. The molecule has 8 nitrogen and oxygen atoms in total. The van der Waals surface area contributed by atoms with Gasteiger partial charge < -0.3 is 15.6 Å². The normalized spacial score (nSPS) is 12.1. The second-order valence-corrected chi connectivity index (χ2v) is 7.95. The van der Waals surface area contributed by atoms with Crippen LogP contribution in [0.3, 0.4) is 0 Å². The Morgan fingerprint density at radius 2 is 2.18 bits per heavy atom. The van der Waals surface area contributed by atoms with Gasteiger partial charge in [-0.15, -0.1) is 10.2 Å². The van der Waals surface area contributed by atoms with Crippen LogP contribution in [0.2, 0.25) is 0 Å². The molecule has 2 amide bonds.